The quantitative estimate of drug-likeness (QED) is 0.477. The van der Waals surface area contributed by atoms with E-state index in [0.717, 1.165) is 5.56 Å². The Labute approximate surface area is 195 Å². The van der Waals surface area contributed by atoms with E-state index in [-0.39, 0.29) is 25.4 Å². The van der Waals surface area contributed by atoms with Crippen molar-refractivity contribution in [1.82, 2.24) is 25.5 Å². The number of tetrazole rings is 1. The number of carbonyl (C=O) groups excluding carboxylic acids is 2. The number of nitrogens with zero attached hydrogens (tertiary/aromatic N) is 4. The summed E-state index contributed by atoms with van der Waals surface area (Å²) in [6, 6.07) is 14.2. The molecule has 32 heavy (non-hydrogen) atoms. The normalized spacial score (nSPS) is 11.7. The number of hydrogen-bond acceptors (Lipinski definition) is 6. The molecule has 8 nitrogen and oxygen atoms in total. The van der Waals surface area contributed by atoms with E-state index in [1.54, 1.807) is 25.1 Å². The van der Waals surface area contributed by atoms with Gasteiger partial charge >= 0.3 is 6.09 Å². The van der Waals surface area contributed by atoms with E-state index in [1.165, 1.54) is 4.68 Å². The molecule has 3 aromatic rings. The zero-order chi connectivity index (χ0) is 22.9. The number of ketones is 1. The number of ether oxygens (including phenoxy) is 1. The minimum absolute atomic E-state index is 0.104. The summed E-state index contributed by atoms with van der Waals surface area (Å²) in [4.78, 5) is 24.9. The summed E-state index contributed by atoms with van der Waals surface area (Å²) >= 11 is 12.4. The molecule has 1 heterocycles. The van der Waals surface area contributed by atoms with Crippen molar-refractivity contribution in [2.75, 3.05) is 6.61 Å². The minimum atomic E-state index is -0.722. The van der Waals surface area contributed by atoms with Gasteiger partial charge in [-0.05, 0) is 40.1 Å². The van der Waals surface area contributed by atoms with Gasteiger partial charge < -0.3 is 10.1 Å². The zero-order valence-electron chi connectivity index (χ0n) is 17.5. The van der Waals surface area contributed by atoms with Gasteiger partial charge in [-0.3, -0.25) is 4.79 Å². The summed E-state index contributed by atoms with van der Waals surface area (Å²) in [6.07, 6.45) is 0.628. The van der Waals surface area contributed by atoms with Crippen LogP contribution in [0.15, 0.2) is 48.5 Å². The van der Waals surface area contributed by atoms with Crippen molar-refractivity contribution >= 4 is 35.1 Å². The van der Waals surface area contributed by atoms with Gasteiger partial charge in [-0.1, -0.05) is 66.5 Å². The number of carbonyl (C=O) groups is 2. The van der Waals surface area contributed by atoms with Crippen molar-refractivity contribution in [1.29, 1.82) is 0 Å². The highest BCUT2D eigenvalue weighted by Gasteiger charge is 2.22. The van der Waals surface area contributed by atoms with Gasteiger partial charge in [0.1, 0.15) is 6.54 Å². The number of rotatable bonds is 10. The van der Waals surface area contributed by atoms with E-state index in [4.69, 9.17) is 27.9 Å². The average molecular weight is 476 g/mol. The summed E-state index contributed by atoms with van der Waals surface area (Å²) in [7, 11) is 0. The molecular formula is C22H23Cl2N5O3. The molecule has 0 aliphatic rings. The van der Waals surface area contributed by atoms with Crippen LogP contribution in [-0.2, 0) is 28.9 Å². The molecule has 1 aromatic heterocycles. The summed E-state index contributed by atoms with van der Waals surface area (Å²) in [5.74, 6) is 0.194. The lowest BCUT2D eigenvalue weighted by atomic mass is 10.1. The van der Waals surface area contributed by atoms with Crippen molar-refractivity contribution in [2.45, 2.75) is 38.8 Å². The fourth-order valence-electron chi connectivity index (χ4n) is 3.09. The number of hydrogen-bond donors (Lipinski definition) is 1. The molecule has 0 fully saturated rings. The van der Waals surface area contributed by atoms with Crippen molar-refractivity contribution in [3.63, 3.8) is 0 Å². The van der Waals surface area contributed by atoms with Crippen LogP contribution in [-0.4, -0.2) is 44.7 Å². The van der Waals surface area contributed by atoms with Crippen LogP contribution >= 0.6 is 23.2 Å². The maximum absolute atomic E-state index is 12.8. The number of Topliss-reactive ketones (excluding diaryl/α,β-unsaturated/α-hetero) is 1. The molecule has 10 heteroatoms. The van der Waals surface area contributed by atoms with E-state index in [9.17, 15) is 9.59 Å². The fraction of sp³-hybridized carbons (Fsp3) is 0.318. The van der Waals surface area contributed by atoms with Crippen LogP contribution in [0.2, 0.25) is 10.0 Å². The Bertz CT molecular complexity index is 1040. The number of amides is 1. The Morgan fingerprint density at radius 2 is 1.81 bits per heavy atom. The van der Waals surface area contributed by atoms with Crippen LogP contribution in [0, 0.1) is 0 Å². The second-order valence-corrected chi connectivity index (χ2v) is 7.89. The van der Waals surface area contributed by atoms with E-state index in [2.05, 4.69) is 20.8 Å². The fourth-order valence-corrected chi connectivity index (χ4v) is 3.62. The van der Waals surface area contributed by atoms with Gasteiger partial charge in [0.2, 0.25) is 0 Å². The Hall–Kier alpha value is -2.97. The summed E-state index contributed by atoms with van der Waals surface area (Å²) in [6.45, 7) is 1.92. The largest absolute Gasteiger partial charge is 0.449 e. The van der Waals surface area contributed by atoms with Crippen molar-refractivity contribution < 1.29 is 14.3 Å². The third kappa shape index (κ3) is 6.51. The Balaban J connectivity index is 1.55. The number of benzene rings is 2. The number of halogens is 2. The van der Waals surface area contributed by atoms with E-state index in [0.29, 0.717) is 34.3 Å². The van der Waals surface area contributed by atoms with Gasteiger partial charge in [-0.25, -0.2) is 9.48 Å². The molecule has 2 aromatic carbocycles. The maximum atomic E-state index is 12.8. The molecule has 0 aliphatic carbocycles. The highest BCUT2D eigenvalue weighted by atomic mass is 35.5. The molecule has 0 saturated carbocycles. The first kappa shape index (κ1) is 23.7. The lowest BCUT2D eigenvalue weighted by Crippen LogP contribution is -2.42. The van der Waals surface area contributed by atoms with Crippen molar-refractivity contribution in [2.24, 2.45) is 0 Å². The second-order valence-electron chi connectivity index (χ2n) is 7.07. The molecule has 1 amide bonds. The van der Waals surface area contributed by atoms with Gasteiger partial charge in [0, 0.05) is 22.9 Å². The standard InChI is InChI=1S/C22H23Cl2N5O3/c1-2-19(25-22(31)32-12-11-15-7-4-3-5-8-15)20(30)14-29-21(26-27-28-29)13-16-17(23)9-6-10-18(16)24/h3-10,19H,2,11-14H2,1H3,(H,25,31). The van der Waals surface area contributed by atoms with Crippen molar-refractivity contribution in [3.8, 4) is 0 Å². The van der Waals surface area contributed by atoms with Crippen LogP contribution in [0.5, 0.6) is 0 Å². The molecule has 1 unspecified atom stereocenters. The average Bonchev–Trinajstić information content (AvgIpc) is 3.22. The van der Waals surface area contributed by atoms with Crippen LogP contribution in [0.1, 0.15) is 30.3 Å². The molecule has 0 spiro atoms. The first-order valence-electron chi connectivity index (χ1n) is 10.2. The predicted molar refractivity (Wildman–Crippen MR) is 121 cm³/mol. The highest BCUT2D eigenvalue weighted by molar-refractivity contribution is 6.36. The molecule has 0 radical (unpaired) electrons. The van der Waals surface area contributed by atoms with Gasteiger partial charge in [0.15, 0.2) is 11.6 Å². The van der Waals surface area contributed by atoms with E-state index >= 15 is 0 Å². The maximum Gasteiger partial charge on any atom is 0.407 e. The predicted octanol–water partition coefficient (Wildman–Crippen LogP) is 3.89. The Kier molecular flexibility index (Phi) is 8.58. The van der Waals surface area contributed by atoms with Crippen molar-refractivity contribution in [3.05, 3.63) is 75.5 Å². The van der Waals surface area contributed by atoms with Crippen LogP contribution < -0.4 is 5.32 Å². The SMILES string of the molecule is CCC(NC(=O)OCCc1ccccc1)C(=O)Cn1nnnc1Cc1c(Cl)cccc1Cl. The Morgan fingerprint density at radius 1 is 1.09 bits per heavy atom. The molecule has 3 rings (SSSR count). The molecule has 1 N–H and O–H groups in total. The van der Waals surface area contributed by atoms with Gasteiger partial charge in [0.25, 0.3) is 0 Å². The first-order chi connectivity index (χ1) is 15.5. The third-order valence-electron chi connectivity index (χ3n) is 4.86. The van der Waals surface area contributed by atoms with Crippen LogP contribution in [0.25, 0.3) is 0 Å². The summed E-state index contributed by atoms with van der Waals surface area (Å²) in [5, 5.41) is 15.1. The smallest absolute Gasteiger partial charge is 0.407 e. The first-order valence-corrected chi connectivity index (χ1v) is 10.9. The third-order valence-corrected chi connectivity index (χ3v) is 5.57. The second kappa shape index (κ2) is 11.6. The molecule has 0 saturated heterocycles. The number of aromatic nitrogens is 4. The number of alkyl carbamates (subject to hydrolysis) is 1. The number of nitrogens with one attached hydrogen (secondary N) is 1. The molecular weight excluding hydrogens is 453 g/mol. The van der Waals surface area contributed by atoms with Gasteiger partial charge in [-0.15, -0.1) is 5.10 Å². The van der Waals surface area contributed by atoms with Crippen LogP contribution in [0.3, 0.4) is 0 Å². The van der Waals surface area contributed by atoms with E-state index in [1.807, 2.05) is 30.3 Å². The topological polar surface area (TPSA) is 99.0 Å². The molecule has 1 atom stereocenters. The monoisotopic (exact) mass is 475 g/mol. The highest BCUT2D eigenvalue weighted by Crippen LogP contribution is 2.26. The molecule has 0 bridgehead atoms. The Morgan fingerprint density at radius 3 is 2.50 bits per heavy atom. The summed E-state index contributed by atoms with van der Waals surface area (Å²) < 4.78 is 6.60. The zero-order valence-corrected chi connectivity index (χ0v) is 19.0. The summed E-state index contributed by atoms with van der Waals surface area (Å²) in [5.41, 5.74) is 1.74. The minimum Gasteiger partial charge on any atom is -0.449 e. The molecule has 0 aliphatic heterocycles. The van der Waals surface area contributed by atoms with E-state index < -0.39 is 12.1 Å². The lowest BCUT2D eigenvalue weighted by Gasteiger charge is -2.16. The van der Waals surface area contributed by atoms with Crippen LogP contribution in [0.4, 0.5) is 4.79 Å². The van der Waals surface area contributed by atoms with Gasteiger partial charge in [-0.2, -0.15) is 0 Å². The van der Waals surface area contributed by atoms with Gasteiger partial charge in [0.05, 0.1) is 12.6 Å². The lowest BCUT2D eigenvalue weighted by molar-refractivity contribution is -0.121. The molecule has 168 valence electrons.